The number of hydrogen-bond acceptors (Lipinski definition) is 2. The number of carbonyl (C=O) groups is 1. The minimum absolute atomic E-state index is 0.212. The molecule has 2 aliphatic rings. The maximum absolute atomic E-state index is 11.1. The van der Waals surface area contributed by atoms with Crippen molar-refractivity contribution >= 4 is 5.78 Å². The summed E-state index contributed by atoms with van der Waals surface area (Å²) in [5.74, 6) is 0.648. The summed E-state index contributed by atoms with van der Waals surface area (Å²) in [5.41, 5.74) is 0.0942. The summed E-state index contributed by atoms with van der Waals surface area (Å²) in [4.78, 5) is 11.1. The third kappa shape index (κ3) is 0.834. The van der Waals surface area contributed by atoms with Gasteiger partial charge >= 0.3 is 0 Å². The van der Waals surface area contributed by atoms with Crippen LogP contribution in [0.15, 0.2) is 0 Å². The van der Waals surface area contributed by atoms with Crippen LogP contribution < -0.4 is 0 Å². The van der Waals surface area contributed by atoms with Gasteiger partial charge in [0, 0.05) is 12.8 Å². The quantitative estimate of drug-likeness (QED) is 0.639. The van der Waals surface area contributed by atoms with Crippen LogP contribution in [0, 0.1) is 33.5 Å². The molecule has 0 atom stereocenters. The molecule has 2 aliphatic carbocycles. The van der Waals surface area contributed by atoms with Crippen molar-refractivity contribution in [3.63, 3.8) is 0 Å². The number of Topliss-reactive ketones (excluding diaryl/α,β-unsaturated/α-hetero) is 1. The summed E-state index contributed by atoms with van der Waals surface area (Å²) in [6.45, 7) is 8.83. The molecule has 0 amide bonds. The molecule has 2 nitrogen and oxygen atoms in total. The van der Waals surface area contributed by atoms with Crippen LogP contribution in [0.2, 0.25) is 0 Å². The van der Waals surface area contributed by atoms with Gasteiger partial charge in [-0.15, -0.1) is 0 Å². The van der Waals surface area contributed by atoms with Crippen molar-refractivity contribution in [1.29, 1.82) is 5.26 Å². The Hall–Kier alpha value is -0.840. The summed E-state index contributed by atoms with van der Waals surface area (Å²) >= 11 is 0. The van der Waals surface area contributed by atoms with E-state index in [0.29, 0.717) is 18.8 Å². The minimum atomic E-state index is -0.329. The zero-order valence-corrected chi connectivity index (χ0v) is 9.35. The van der Waals surface area contributed by atoms with Crippen molar-refractivity contribution < 1.29 is 4.79 Å². The molecular weight excluding hydrogens is 174 g/mol. The molecule has 0 aliphatic heterocycles. The first-order valence-electron chi connectivity index (χ1n) is 5.21. The molecule has 2 heteroatoms. The molecule has 0 unspecified atom stereocenters. The Bertz CT molecular complexity index is 324. The standard InChI is InChI=1S/C12H17NO/c1-10(2)9(11(10,3)4)12(7-13)5-8(14)6-12/h9H,5-6H2,1-4H3. The van der Waals surface area contributed by atoms with Gasteiger partial charge in [0.15, 0.2) is 0 Å². The Labute approximate surface area is 85.3 Å². The van der Waals surface area contributed by atoms with Crippen LogP contribution in [0.5, 0.6) is 0 Å². The van der Waals surface area contributed by atoms with Crippen molar-refractivity contribution in [3.05, 3.63) is 0 Å². The molecule has 0 aromatic carbocycles. The second-order valence-electron chi connectivity index (χ2n) is 6.04. The van der Waals surface area contributed by atoms with E-state index in [1.54, 1.807) is 0 Å². The molecule has 0 N–H and O–H groups in total. The van der Waals surface area contributed by atoms with Gasteiger partial charge in [0.2, 0.25) is 0 Å². The highest BCUT2D eigenvalue weighted by Crippen LogP contribution is 2.77. The fourth-order valence-corrected chi connectivity index (χ4v) is 3.58. The first-order valence-corrected chi connectivity index (χ1v) is 5.21. The lowest BCUT2D eigenvalue weighted by Gasteiger charge is -2.35. The van der Waals surface area contributed by atoms with Crippen LogP contribution in [-0.2, 0) is 4.79 Å². The zero-order valence-electron chi connectivity index (χ0n) is 9.35. The van der Waals surface area contributed by atoms with E-state index in [2.05, 4.69) is 33.8 Å². The van der Waals surface area contributed by atoms with Gasteiger partial charge in [-0.3, -0.25) is 4.79 Å². The van der Waals surface area contributed by atoms with Gasteiger partial charge in [-0.05, 0) is 16.7 Å². The van der Waals surface area contributed by atoms with Crippen molar-refractivity contribution in [1.82, 2.24) is 0 Å². The molecule has 0 aromatic heterocycles. The Morgan fingerprint density at radius 1 is 1.21 bits per heavy atom. The highest BCUT2D eigenvalue weighted by atomic mass is 16.1. The zero-order chi connectivity index (χ0) is 10.8. The van der Waals surface area contributed by atoms with Gasteiger partial charge < -0.3 is 0 Å². The molecule has 0 bridgehead atoms. The molecule has 0 radical (unpaired) electrons. The molecule has 0 saturated heterocycles. The predicted octanol–water partition coefficient (Wildman–Crippen LogP) is 2.54. The average molecular weight is 191 g/mol. The number of nitrogens with zero attached hydrogens (tertiary/aromatic N) is 1. The fourth-order valence-electron chi connectivity index (χ4n) is 3.58. The van der Waals surface area contributed by atoms with Gasteiger partial charge in [-0.2, -0.15) is 5.26 Å². The normalized spacial score (nSPS) is 31.8. The lowest BCUT2D eigenvalue weighted by Crippen LogP contribution is -2.40. The molecule has 0 spiro atoms. The second kappa shape index (κ2) is 2.21. The third-order valence-corrected chi connectivity index (χ3v) is 4.82. The molecule has 0 heterocycles. The molecule has 76 valence electrons. The average Bonchev–Trinajstić information content (AvgIpc) is 2.38. The maximum atomic E-state index is 11.1. The number of carbonyl (C=O) groups excluding carboxylic acids is 1. The Morgan fingerprint density at radius 2 is 1.64 bits per heavy atom. The van der Waals surface area contributed by atoms with Crippen LogP contribution in [-0.4, -0.2) is 5.78 Å². The van der Waals surface area contributed by atoms with Gasteiger partial charge in [-0.1, -0.05) is 27.7 Å². The van der Waals surface area contributed by atoms with E-state index < -0.39 is 0 Å². The van der Waals surface area contributed by atoms with Crippen molar-refractivity contribution in [2.45, 2.75) is 40.5 Å². The number of hydrogen-bond donors (Lipinski definition) is 0. The van der Waals surface area contributed by atoms with Gasteiger partial charge in [-0.25, -0.2) is 0 Å². The third-order valence-electron chi connectivity index (χ3n) is 4.82. The van der Waals surface area contributed by atoms with E-state index in [4.69, 9.17) is 0 Å². The van der Waals surface area contributed by atoms with E-state index in [0.717, 1.165) is 0 Å². The van der Waals surface area contributed by atoms with Crippen LogP contribution in [0.25, 0.3) is 0 Å². The molecule has 14 heavy (non-hydrogen) atoms. The lowest BCUT2D eigenvalue weighted by molar-refractivity contribution is -0.131. The van der Waals surface area contributed by atoms with Crippen LogP contribution >= 0.6 is 0 Å². The first-order chi connectivity index (χ1) is 6.28. The fraction of sp³-hybridized carbons (Fsp3) is 0.833. The first kappa shape index (κ1) is 9.71. The minimum Gasteiger partial charge on any atom is -0.300 e. The predicted molar refractivity (Wildman–Crippen MR) is 53.3 cm³/mol. The lowest BCUT2D eigenvalue weighted by atomic mass is 9.63. The smallest absolute Gasteiger partial charge is 0.136 e. The summed E-state index contributed by atoms with van der Waals surface area (Å²) in [5, 5.41) is 9.23. The van der Waals surface area contributed by atoms with Crippen LogP contribution in [0.3, 0.4) is 0 Å². The van der Waals surface area contributed by atoms with Gasteiger partial charge in [0.05, 0.1) is 11.5 Å². The van der Waals surface area contributed by atoms with Crippen molar-refractivity contribution in [3.8, 4) is 6.07 Å². The SMILES string of the molecule is CC1(C)C(C2(C#N)CC(=O)C2)C1(C)C. The monoisotopic (exact) mass is 191 g/mol. The van der Waals surface area contributed by atoms with Crippen LogP contribution in [0.1, 0.15) is 40.5 Å². The Morgan fingerprint density at radius 3 is 1.86 bits per heavy atom. The number of rotatable bonds is 1. The second-order valence-corrected chi connectivity index (χ2v) is 6.04. The Kier molecular flexibility index (Phi) is 1.53. The molecule has 2 saturated carbocycles. The Balaban J connectivity index is 2.27. The van der Waals surface area contributed by atoms with E-state index in [-0.39, 0.29) is 22.0 Å². The summed E-state index contributed by atoms with van der Waals surface area (Å²) < 4.78 is 0. The molecule has 2 rings (SSSR count). The van der Waals surface area contributed by atoms with E-state index >= 15 is 0 Å². The molecule has 2 fully saturated rings. The van der Waals surface area contributed by atoms with Crippen molar-refractivity contribution in [2.24, 2.45) is 22.2 Å². The van der Waals surface area contributed by atoms with Crippen molar-refractivity contribution in [2.75, 3.05) is 0 Å². The van der Waals surface area contributed by atoms with E-state index in [1.165, 1.54) is 0 Å². The molecular formula is C12H17NO. The van der Waals surface area contributed by atoms with Gasteiger partial charge in [0.25, 0.3) is 0 Å². The maximum Gasteiger partial charge on any atom is 0.136 e. The summed E-state index contributed by atoms with van der Waals surface area (Å²) in [6, 6.07) is 2.40. The highest BCUT2D eigenvalue weighted by Gasteiger charge is 2.74. The van der Waals surface area contributed by atoms with E-state index in [9.17, 15) is 10.1 Å². The van der Waals surface area contributed by atoms with Gasteiger partial charge in [0.1, 0.15) is 5.78 Å². The largest absolute Gasteiger partial charge is 0.300 e. The molecule has 0 aromatic rings. The van der Waals surface area contributed by atoms with Crippen LogP contribution in [0.4, 0.5) is 0 Å². The van der Waals surface area contributed by atoms with E-state index in [1.807, 2.05) is 0 Å². The number of nitriles is 1. The topological polar surface area (TPSA) is 40.9 Å². The summed E-state index contributed by atoms with van der Waals surface area (Å²) in [7, 11) is 0. The number of ketones is 1. The summed E-state index contributed by atoms with van der Waals surface area (Å²) in [6.07, 6.45) is 0.974. The highest BCUT2D eigenvalue weighted by molar-refractivity contribution is 5.87.